The second-order valence-corrected chi connectivity index (χ2v) is 19.7. The number of hydrogen-bond donors (Lipinski definition) is 0. The molecule has 2 bridgehead atoms. The van der Waals surface area contributed by atoms with E-state index in [-0.39, 0.29) is 5.41 Å². The molecule has 3 atom stereocenters. The van der Waals surface area contributed by atoms with Gasteiger partial charge in [0.25, 0.3) is 0 Å². The molecule has 0 saturated heterocycles. The van der Waals surface area contributed by atoms with Crippen LogP contribution >= 0.6 is 0 Å². The minimum absolute atomic E-state index is 0.117. The highest BCUT2D eigenvalue weighted by Gasteiger charge is 2.41. The second kappa shape index (κ2) is 15.3. The summed E-state index contributed by atoms with van der Waals surface area (Å²) in [7, 11) is 0. The number of fused-ring (bicyclic) bond motifs is 5. The molecule has 4 fully saturated rings. The first-order valence-electron chi connectivity index (χ1n) is 23.5. The van der Waals surface area contributed by atoms with Gasteiger partial charge in [0.15, 0.2) is 0 Å². The van der Waals surface area contributed by atoms with Crippen LogP contribution in [-0.2, 0) is 5.41 Å². The molecule has 59 heavy (non-hydrogen) atoms. The molecule has 0 aromatic heterocycles. The van der Waals surface area contributed by atoms with E-state index in [4.69, 9.17) is 0 Å². The van der Waals surface area contributed by atoms with Crippen molar-refractivity contribution < 1.29 is 0 Å². The maximum Gasteiger partial charge on any atom is 0.0543 e. The Morgan fingerprint density at radius 1 is 0.458 bits per heavy atom. The normalized spacial score (nSPS) is 22.3. The van der Waals surface area contributed by atoms with E-state index < -0.39 is 0 Å². The van der Waals surface area contributed by atoms with Crippen LogP contribution in [-0.4, -0.2) is 0 Å². The number of para-hydroxylation sites is 1. The third-order valence-electron chi connectivity index (χ3n) is 16.0. The third kappa shape index (κ3) is 6.59. The van der Waals surface area contributed by atoms with Gasteiger partial charge in [-0.05, 0) is 155 Å². The first-order chi connectivity index (χ1) is 29.0. The van der Waals surface area contributed by atoms with Crippen LogP contribution in [0.5, 0.6) is 0 Å². The summed E-state index contributed by atoms with van der Waals surface area (Å²) in [6.45, 7) is 4.87. The Balaban J connectivity index is 1.12. The van der Waals surface area contributed by atoms with Crippen molar-refractivity contribution in [3.63, 3.8) is 0 Å². The molecule has 6 aromatic carbocycles. The van der Waals surface area contributed by atoms with E-state index in [2.05, 4.69) is 152 Å². The van der Waals surface area contributed by atoms with E-state index >= 15 is 0 Å². The van der Waals surface area contributed by atoms with Gasteiger partial charge in [-0.1, -0.05) is 162 Å². The number of benzene rings is 6. The molecule has 0 aliphatic heterocycles. The van der Waals surface area contributed by atoms with Gasteiger partial charge in [0.1, 0.15) is 0 Å². The highest BCUT2D eigenvalue weighted by molar-refractivity contribution is 5.97. The van der Waals surface area contributed by atoms with Crippen LogP contribution in [0.4, 0.5) is 17.1 Å². The molecular formula is C58H61N. The Morgan fingerprint density at radius 2 is 1.10 bits per heavy atom. The summed E-state index contributed by atoms with van der Waals surface area (Å²) in [5.41, 5.74) is 19.2. The van der Waals surface area contributed by atoms with Crippen LogP contribution in [0.2, 0.25) is 0 Å². The fourth-order valence-electron chi connectivity index (χ4n) is 12.9. The molecule has 11 rings (SSSR count). The lowest BCUT2D eigenvalue weighted by atomic mass is 9.80. The fourth-order valence-corrected chi connectivity index (χ4v) is 12.9. The Bertz CT molecular complexity index is 2460. The molecule has 0 heterocycles. The summed E-state index contributed by atoms with van der Waals surface area (Å²) in [6.07, 6.45) is 19.0. The van der Waals surface area contributed by atoms with Crippen molar-refractivity contribution in [1.29, 1.82) is 0 Å². The van der Waals surface area contributed by atoms with Crippen LogP contribution in [0.15, 0.2) is 133 Å². The zero-order valence-corrected chi connectivity index (χ0v) is 35.4. The van der Waals surface area contributed by atoms with Crippen molar-refractivity contribution in [3.8, 4) is 33.4 Å². The van der Waals surface area contributed by atoms with Gasteiger partial charge < -0.3 is 4.90 Å². The second-order valence-electron chi connectivity index (χ2n) is 19.7. The van der Waals surface area contributed by atoms with Gasteiger partial charge in [-0.25, -0.2) is 0 Å². The smallest absolute Gasteiger partial charge is 0.0543 e. The summed E-state index contributed by atoms with van der Waals surface area (Å²) in [5.74, 6) is 3.81. The molecule has 1 nitrogen and oxygen atoms in total. The lowest BCUT2D eigenvalue weighted by molar-refractivity contribution is 0.420. The Morgan fingerprint density at radius 3 is 1.81 bits per heavy atom. The predicted octanol–water partition coefficient (Wildman–Crippen LogP) is 16.8. The quantitative estimate of drug-likeness (QED) is 0.149. The summed E-state index contributed by atoms with van der Waals surface area (Å²) in [5, 5.41) is 0. The maximum absolute atomic E-state index is 2.65. The molecule has 0 spiro atoms. The molecular weight excluding hydrogens is 711 g/mol. The van der Waals surface area contributed by atoms with Crippen LogP contribution in [0.1, 0.15) is 149 Å². The molecule has 5 aliphatic rings. The average molecular weight is 772 g/mol. The minimum Gasteiger partial charge on any atom is -0.309 e. The van der Waals surface area contributed by atoms with Gasteiger partial charge in [-0.15, -0.1) is 0 Å². The zero-order chi connectivity index (χ0) is 39.5. The predicted molar refractivity (Wildman–Crippen MR) is 249 cm³/mol. The maximum atomic E-state index is 2.65. The van der Waals surface area contributed by atoms with E-state index in [9.17, 15) is 0 Å². The molecule has 1 heteroatoms. The Labute approximate surface area is 353 Å². The minimum atomic E-state index is -0.117. The summed E-state index contributed by atoms with van der Waals surface area (Å²) in [4.78, 5) is 2.65. The monoisotopic (exact) mass is 771 g/mol. The first kappa shape index (κ1) is 37.1. The summed E-state index contributed by atoms with van der Waals surface area (Å²) >= 11 is 0. The SMILES string of the molecule is CC1(C)c2ccccc2-c2cc(-c3ccc(C4CCCCC4)cc3)c(N(c3ccc(C4CC5CCC4C5)cc3)c3ccccc3-c3ccccc3C3CCCCC3)cc21. The van der Waals surface area contributed by atoms with Crippen LogP contribution in [0.25, 0.3) is 33.4 Å². The van der Waals surface area contributed by atoms with Gasteiger partial charge in [0.2, 0.25) is 0 Å². The molecule has 0 radical (unpaired) electrons. The fraction of sp³-hybridized carbons (Fsp3) is 0.379. The molecule has 3 unspecified atom stereocenters. The van der Waals surface area contributed by atoms with E-state index in [1.165, 1.54) is 163 Å². The van der Waals surface area contributed by atoms with Crippen LogP contribution in [0, 0.1) is 11.8 Å². The molecule has 6 aromatic rings. The van der Waals surface area contributed by atoms with Gasteiger partial charge in [0, 0.05) is 22.2 Å². The van der Waals surface area contributed by atoms with Crippen molar-refractivity contribution in [2.75, 3.05) is 4.90 Å². The standard InChI is InChI=1S/C58H61N/c1-58(2)54-23-13-11-21-49(54)53-37-52(44-29-27-41(28-30-44)40-15-5-3-6-16-40)57(38-55(53)58)59(46-33-31-43(32-34-46)51-36-39-25-26-45(51)35-39)56-24-14-12-22-50(56)48-20-10-9-19-47(48)42-17-7-4-8-18-42/h9-14,19-24,27-34,37-40,42,45,51H,3-8,15-18,25-26,35-36H2,1-2H3. The lowest BCUT2D eigenvalue weighted by Gasteiger charge is -2.33. The van der Waals surface area contributed by atoms with E-state index in [0.29, 0.717) is 17.8 Å². The van der Waals surface area contributed by atoms with E-state index in [1.54, 1.807) is 5.56 Å². The molecule has 4 saturated carbocycles. The number of nitrogens with zero attached hydrogens (tertiary/aromatic N) is 1. The third-order valence-corrected chi connectivity index (χ3v) is 16.0. The van der Waals surface area contributed by atoms with Crippen molar-refractivity contribution in [2.45, 2.75) is 127 Å². The van der Waals surface area contributed by atoms with Crippen LogP contribution in [0.3, 0.4) is 0 Å². The topological polar surface area (TPSA) is 3.24 Å². The van der Waals surface area contributed by atoms with Crippen LogP contribution < -0.4 is 4.90 Å². The van der Waals surface area contributed by atoms with Gasteiger partial charge in [-0.2, -0.15) is 0 Å². The molecule has 298 valence electrons. The molecule has 0 N–H and O–H groups in total. The molecule has 5 aliphatic carbocycles. The van der Waals surface area contributed by atoms with Gasteiger partial charge in [0.05, 0.1) is 11.4 Å². The van der Waals surface area contributed by atoms with E-state index in [0.717, 1.165) is 11.8 Å². The largest absolute Gasteiger partial charge is 0.309 e. The highest BCUT2D eigenvalue weighted by Crippen LogP contribution is 2.56. The Kier molecular flexibility index (Phi) is 9.63. The number of hydrogen-bond acceptors (Lipinski definition) is 1. The van der Waals surface area contributed by atoms with Crippen molar-refractivity contribution in [1.82, 2.24) is 0 Å². The van der Waals surface area contributed by atoms with Gasteiger partial charge in [-0.3, -0.25) is 0 Å². The van der Waals surface area contributed by atoms with E-state index in [1.807, 2.05) is 0 Å². The van der Waals surface area contributed by atoms with Crippen molar-refractivity contribution in [3.05, 3.63) is 161 Å². The number of anilines is 3. The Hall–Kier alpha value is -4.88. The highest BCUT2D eigenvalue weighted by atomic mass is 15.1. The molecule has 0 amide bonds. The zero-order valence-electron chi connectivity index (χ0n) is 35.4. The summed E-state index contributed by atoms with van der Waals surface area (Å²) in [6, 6.07) is 52.8. The van der Waals surface area contributed by atoms with Crippen molar-refractivity contribution >= 4 is 17.1 Å². The summed E-state index contributed by atoms with van der Waals surface area (Å²) < 4.78 is 0. The number of rotatable bonds is 8. The van der Waals surface area contributed by atoms with Crippen molar-refractivity contribution in [2.24, 2.45) is 11.8 Å². The average Bonchev–Trinajstić information content (AvgIpc) is 4.00. The van der Waals surface area contributed by atoms with Gasteiger partial charge >= 0.3 is 0 Å². The lowest BCUT2D eigenvalue weighted by Crippen LogP contribution is -2.18. The first-order valence-corrected chi connectivity index (χ1v) is 23.5.